The summed E-state index contributed by atoms with van der Waals surface area (Å²) in [6.45, 7) is 2.10. The zero-order chi connectivity index (χ0) is 46.8. The third kappa shape index (κ3) is 10.8. The van der Waals surface area contributed by atoms with Gasteiger partial charge in [0.25, 0.3) is 0 Å². The Bertz CT molecular complexity index is 2640. The number of carbonyl (C=O) groups excluding carboxylic acids is 5. The Balaban J connectivity index is 1.47. The molecular weight excluding hydrogens is 852 g/mol. The van der Waals surface area contributed by atoms with Crippen molar-refractivity contribution in [2.45, 2.75) is 63.2 Å². The van der Waals surface area contributed by atoms with Crippen molar-refractivity contribution in [3.63, 3.8) is 0 Å². The van der Waals surface area contributed by atoms with Gasteiger partial charge in [0, 0.05) is 24.5 Å². The number of hydrogen-bond donors (Lipinski definition) is 1. The van der Waals surface area contributed by atoms with E-state index in [1.807, 2.05) is 0 Å². The van der Waals surface area contributed by atoms with E-state index in [4.69, 9.17) is 33.2 Å². The molecule has 0 saturated carbocycles. The normalized spacial score (nSPS) is 19.3. The van der Waals surface area contributed by atoms with E-state index in [0.29, 0.717) is 11.3 Å². The molecule has 7 rings (SSSR count). The Morgan fingerprint density at radius 1 is 0.636 bits per heavy atom. The summed E-state index contributed by atoms with van der Waals surface area (Å²) in [6.07, 6.45) is -9.43. The first-order valence-corrected chi connectivity index (χ1v) is 20.9. The minimum Gasteiger partial charge on any atom is -0.497 e. The maximum atomic E-state index is 17.0. The van der Waals surface area contributed by atoms with Crippen LogP contribution in [0, 0.1) is 5.82 Å². The largest absolute Gasteiger partial charge is 0.497 e. The molecule has 1 saturated heterocycles. The van der Waals surface area contributed by atoms with Gasteiger partial charge >= 0.3 is 29.8 Å². The standard InChI is InChI=1S/C52H45FO13/c1-32(62-48(55)36-16-8-4-9-17-36)44-45(63-49(56)37-18-10-5-11-19-37)46(64-50(57)38-20-12-6-13-21-38)47(65-51(58)39-22-14-7-15-23-39)52(59,66-44)42-29-35(31-61-33(2)54)30-43(53)41(42)28-34-24-26-40(60-3)27-25-34/h4-27,29-30,32,44-47,59H,28,31H2,1-3H3/t32-,44+,45+,46-,47+,52+/m0/s1. The van der Waals surface area contributed by atoms with Crippen molar-refractivity contribution in [2.24, 2.45) is 0 Å². The molecule has 14 heteroatoms. The molecule has 0 unspecified atom stereocenters. The van der Waals surface area contributed by atoms with E-state index in [-0.39, 0.29) is 45.4 Å². The second-order valence-corrected chi connectivity index (χ2v) is 15.3. The van der Waals surface area contributed by atoms with Gasteiger partial charge < -0.3 is 38.3 Å². The zero-order valence-corrected chi connectivity index (χ0v) is 36.0. The Morgan fingerprint density at radius 3 is 1.59 bits per heavy atom. The number of aliphatic hydroxyl groups is 1. The predicted molar refractivity (Wildman–Crippen MR) is 235 cm³/mol. The molecule has 13 nitrogen and oxygen atoms in total. The molecule has 6 aromatic rings. The summed E-state index contributed by atoms with van der Waals surface area (Å²) in [7, 11) is 1.49. The number of methoxy groups -OCH3 is 1. The summed E-state index contributed by atoms with van der Waals surface area (Å²) in [5.41, 5.74) is 0.231. The summed E-state index contributed by atoms with van der Waals surface area (Å²) in [6, 6.07) is 40.2. The van der Waals surface area contributed by atoms with Gasteiger partial charge in [0.15, 0.2) is 12.2 Å². The van der Waals surface area contributed by atoms with E-state index >= 15 is 4.39 Å². The van der Waals surface area contributed by atoms with Crippen LogP contribution in [0.1, 0.15) is 77.5 Å². The summed E-state index contributed by atoms with van der Waals surface area (Å²) >= 11 is 0. The predicted octanol–water partition coefficient (Wildman–Crippen LogP) is 7.95. The average molecular weight is 897 g/mol. The number of ether oxygens (including phenoxy) is 7. The number of carbonyl (C=O) groups is 5. The third-order valence-corrected chi connectivity index (χ3v) is 10.8. The number of hydrogen-bond acceptors (Lipinski definition) is 13. The van der Waals surface area contributed by atoms with Gasteiger partial charge in [-0.2, -0.15) is 0 Å². The molecule has 1 heterocycles. The highest BCUT2D eigenvalue weighted by Crippen LogP contribution is 2.45. The lowest BCUT2D eigenvalue weighted by molar-refractivity contribution is -0.360. The fourth-order valence-electron chi connectivity index (χ4n) is 7.49. The minimum atomic E-state index is -3.05. The van der Waals surface area contributed by atoms with E-state index < -0.39 is 78.6 Å². The maximum absolute atomic E-state index is 17.0. The van der Waals surface area contributed by atoms with Gasteiger partial charge in [-0.25, -0.2) is 23.6 Å². The molecule has 338 valence electrons. The SMILES string of the molecule is COc1ccc(Cc2c(F)cc(COC(C)=O)cc2[C@@]2(O)O[C@H]([C@H](C)OC(=O)c3ccccc3)[C@@H](OC(=O)c3ccccc3)[C@H](OC(=O)c3ccccc3)[C@H]2OC(=O)c2ccccc2)cc1. The molecule has 6 atom stereocenters. The molecule has 0 spiro atoms. The first-order valence-electron chi connectivity index (χ1n) is 20.9. The lowest BCUT2D eigenvalue weighted by atomic mass is 9.82. The average Bonchev–Trinajstić information content (AvgIpc) is 3.34. The van der Waals surface area contributed by atoms with Crippen molar-refractivity contribution >= 4 is 29.8 Å². The van der Waals surface area contributed by atoms with Gasteiger partial charge in [-0.1, -0.05) is 84.9 Å². The van der Waals surface area contributed by atoms with E-state index in [1.165, 1.54) is 68.6 Å². The van der Waals surface area contributed by atoms with Gasteiger partial charge in [-0.15, -0.1) is 0 Å². The number of benzene rings is 6. The summed E-state index contributed by atoms with van der Waals surface area (Å²) in [5.74, 6) is -7.97. The second-order valence-electron chi connectivity index (χ2n) is 15.3. The summed E-state index contributed by atoms with van der Waals surface area (Å²) in [4.78, 5) is 68.5. The van der Waals surface area contributed by atoms with Gasteiger partial charge in [-0.3, -0.25) is 4.79 Å². The second kappa shape index (κ2) is 20.9. The number of rotatable bonds is 15. The lowest BCUT2D eigenvalue weighted by Gasteiger charge is -2.50. The fourth-order valence-corrected chi connectivity index (χ4v) is 7.49. The molecular formula is C52H45FO13. The molecule has 0 bridgehead atoms. The van der Waals surface area contributed by atoms with E-state index in [1.54, 1.807) is 97.1 Å². The molecule has 1 N–H and O–H groups in total. The van der Waals surface area contributed by atoms with Crippen LogP contribution in [-0.4, -0.2) is 72.6 Å². The van der Waals surface area contributed by atoms with Crippen molar-refractivity contribution < 1.29 is 66.6 Å². The first-order chi connectivity index (χ1) is 31.8. The Labute approximate surface area is 379 Å². The highest BCUT2D eigenvalue weighted by Gasteiger charge is 2.63. The maximum Gasteiger partial charge on any atom is 0.338 e. The summed E-state index contributed by atoms with van der Waals surface area (Å²) < 4.78 is 58.7. The highest BCUT2D eigenvalue weighted by atomic mass is 19.1. The van der Waals surface area contributed by atoms with E-state index in [0.717, 1.165) is 13.0 Å². The molecule has 0 aromatic heterocycles. The molecule has 1 aliphatic rings. The highest BCUT2D eigenvalue weighted by molar-refractivity contribution is 5.92. The van der Waals surface area contributed by atoms with Gasteiger partial charge in [0.2, 0.25) is 11.9 Å². The van der Waals surface area contributed by atoms with Crippen LogP contribution in [0.3, 0.4) is 0 Å². The molecule has 1 aliphatic heterocycles. The zero-order valence-electron chi connectivity index (χ0n) is 36.0. The lowest BCUT2D eigenvalue weighted by Crippen LogP contribution is -2.68. The quantitative estimate of drug-likeness (QED) is 0.0779. The van der Waals surface area contributed by atoms with Crippen LogP contribution < -0.4 is 4.74 Å². The van der Waals surface area contributed by atoms with Gasteiger partial charge in [-0.05, 0) is 90.8 Å². The number of esters is 5. The molecule has 0 radical (unpaired) electrons. The molecule has 66 heavy (non-hydrogen) atoms. The van der Waals surface area contributed by atoms with E-state index in [2.05, 4.69) is 0 Å². The first kappa shape index (κ1) is 46.3. The van der Waals surface area contributed by atoms with Gasteiger partial charge in [0.1, 0.15) is 30.4 Å². The fraction of sp³-hybridized carbons (Fsp3) is 0.212. The molecule has 6 aromatic carbocycles. The van der Waals surface area contributed by atoms with Crippen LogP contribution in [0.2, 0.25) is 0 Å². The van der Waals surface area contributed by atoms with Crippen LogP contribution in [0.25, 0.3) is 0 Å². The Kier molecular flexibility index (Phi) is 14.7. The van der Waals surface area contributed by atoms with Crippen molar-refractivity contribution in [1.29, 1.82) is 0 Å². The van der Waals surface area contributed by atoms with E-state index in [9.17, 15) is 29.1 Å². The van der Waals surface area contributed by atoms with Crippen LogP contribution in [0.15, 0.2) is 158 Å². The van der Waals surface area contributed by atoms with Crippen molar-refractivity contribution in [3.05, 3.63) is 208 Å². The smallest absolute Gasteiger partial charge is 0.338 e. The summed E-state index contributed by atoms with van der Waals surface area (Å²) in [5, 5.41) is 13.6. The van der Waals surface area contributed by atoms with Crippen LogP contribution >= 0.6 is 0 Å². The topological polar surface area (TPSA) is 170 Å². The van der Waals surface area contributed by atoms with Crippen LogP contribution in [-0.2, 0) is 52.0 Å². The Hall–Kier alpha value is -7.68. The number of halogens is 1. The Morgan fingerprint density at radius 2 is 1.11 bits per heavy atom. The molecule has 0 aliphatic carbocycles. The van der Waals surface area contributed by atoms with Crippen molar-refractivity contribution in [2.75, 3.05) is 7.11 Å². The minimum absolute atomic E-state index is 0.00801. The van der Waals surface area contributed by atoms with Crippen LogP contribution in [0.4, 0.5) is 4.39 Å². The van der Waals surface area contributed by atoms with Crippen molar-refractivity contribution in [1.82, 2.24) is 0 Å². The van der Waals surface area contributed by atoms with Crippen molar-refractivity contribution in [3.8, 4) is 5.75 Å². The van der Waals surface area contributed by atoms with Crippen LogP contribution in [0.5, 0.6) is 5.75 Å². The molecule has 0 amide bonds. The molecule has 1 fully saturated rings. The monoisotopic (exact) mass is 896 g/mol. The third-order valence-electron chi connectivity index (χ3n) is 10.8. The van der Waals surface area contributed by atoms with Gasteiger partial charge in [0.05, 0.1) is 29.4 Å².